The summed E-state index contributed by atoms with van der Waals surface area (Å²) >= 11 is 0. The molecule has 0 unspecified atom stereocenters. The standard InChI is InChI=1S/C27H33N3O3S/c1-5-20-7-6-8-24(17-20)28-27(31)23-13-15-30(16-14-23)26-19(4)25(34(32,33)29-26)22-11-9-21(10-12-22)18(2)3/h6-12,17-18,23H,5,13-16H2,1-4H3,(H,28,31). The first-order valence-corrected chi connectivity index (χ1v) is 13.4. The summed E-state index contributed by atoms with van der Waals surface area (Å²) < 4.78 is 30.0. The highest BCUT2D eigenvalue weighted by molar-refractivity contribution is 8.00. The van der Waals surface area contributed by atoms with Gasteiger partial charge >= 0.3 is 0 Å². The molecule has 1 amide bonds. The van der Waals surface area contributed by atoms with Gasteiger partial charge in [-0.25, -0.2) is 0 Å². The fourth-order valence-electron chi connectivity index (χ4n) is 4.67. The van der Waals surface area contributed by atoms with E-state index >= 15 is 0 Å². The Labute approximate surface area is 202 Å². The van der Waals surface area contributed by atoms with E-state index in [0.29, 0.717) is 48.8 Å². The van der Waals surface area contributed by atoms with E-state index in [1.165, 1.54) is 11.1 Å². The highest BCUT2D eigenvalue weighted by Crippen LogP contribution is 2.35. The molecule has 6 nitrogen and oxygen atoms in total. The molecule has 2 aromatic carbocycles. The Morgan fingerprint density at radius 3 is 2.41 bits per heavy atom. The van der Waals surface area contributed by atoms with Crippen LogP contribution in [0.5, 0.6) is 0 Å². The lowest BCUT2D eigenvalue weighted by molar-refractivity contribution is -0.120. The average molecular weight is 480 g/mol. The Morgan fingerprint density at radius 1 is 1.12 bits per heavy atom. The van der Waals surface area contributed by atoms with Gasteiger partial charge in [0, 0.05) is 30.3 Å². The van der Waals surface area contributed by atoms with Gasteiger partial charge in [-0.05, 0) is 60.9 Å². The molecule has 34 heavy (non-hydrogen) atoms. The number of carbonyl (C=O) groups is 1. The lowest BCUT2D eigenvalue weighted by atomic mass is 9.95. The molecule has 180 valence electrons. The zero-order chi connectivity index (χ0) is 24.5. The van der Waals surface area contributed by atoms with Crippen LogP contribution in [0.15, 0.2) is 58.5 Å². The number of hydrogen-bond donors (Lipinski definition) is 1. The van der Waals surface area contributed by atoms with E-state index in [2.05, 4.69) is 30.5 Å². The third-order valence-corrected chi connectivity index (χ3v) is 8.22. The van der Waals surface area contributed by atoms with E-state index < -0.39 is 10.0 Å². The van der Waals surface area contributed by atoms with Crippen LogP contribution in [0.3, 0.4) is 0 Å². The first-order chi connectivity index (χ1) is 16.2. The van der Waals surface area contributed by atoms with Gasteiger partial charge < -0.3 is 10.2 Å². The highest BCUT2D eigenvalue weighted by Gasteiger charge is 2.35. The first kappa shape index (κ1) is 24.2. The number of sulfonamides is 1. The molecule has 2 aliphatic heterocycles. The second-order valence-electron chi connectivity index (χ2n) is 9.43. The summed E-state index contributed by atoms with van der Waals surface area (Å²) in [5.74, 6) is 0.808. The molecular weight excluding hydrogens is 446 g/mol. The number of rotatable bonds is 5. The Balaban J connectivity index is 1.45. The minimum atomic E-state index is -3.75. The summed E-state index contributed by atoms with van der Waals surface area (Å²) in [6, 6.07) is 15.6. The summed E-state index contributed by atoms with van der Waals surface area (Å²) in [6.45, 7) is 9.33. The number of amides is 1. The first-order valence-electron chi connectivity index (χ1n) is 12.0. The van der Waals surface area contributed by atoms with Crippen LogP contribution in [0, 0.1) is 5.92 Å². The maximum absolute atomic E-state index is 12.9. The van der Waals surface area contributed by atoms with Crippen molar-refractivity contribution in [2.45, 2.75) is 52.9 Å². The van der Waals surface area contributed by atoms with E-state index in [1.54, 1.807) is 0 Å². The van der Waals surface area contributed by atoms with Gasteiger partial charge in [-0.3, -0.25) is 4.79 Å². The number of anilines is 1. The van der Waals surface area contributed by atoms with Gasteiger partial charge in [-0.1, -0.05) is 57.2 Å². The second-order valence-corrected chi connectivity index (χ2v) is 11.0. The van der Waals surface area contributed by atoms with E-state index in [0.717, 1.165) is 12.1 Å². The monoisotopic (exact) mass is 479 g/mol. The van der Waals surface area contributed by atoms with Crippen LogP contribution in [0.4, 0.5) is 5.69 Å². The van der Waals surface area contributed by atoms with Crippen LogP contribution in [-0.2, 0) is 21.2 Å². The third kappa shape index (κ3) is 4.94. The molecule has 0 aromatic heterocycles. The quantitative estimate of drug-likeness (QED) is 0.640. The Hall–Kier alpha value is -2.93. The van der Waals surface area contributed by atoms with Crippen LogP contribution in [0.1, 0.15) is 63.1 Å². The fourth-order valence-corrected chi connectivity index (χ4v) is 6.15. The molecule has 0 saturated carbocycles. The topological polar surface area (TPSA) is 78.8 Å². The molecule has 7 heteroatoms. The fraction of sp³-hybridized carbons (Fsp3) is 0.407. The van der Waals surface area contributed by atoms with Gasteiger partial charge in [0.1, 0.15) is 10.7 Å². The number of nitrogens with one attached hydrogen (secondary N) is 1. The molecule has 1 N–H and O–H groups in total. The largest absolute Gasteiger partial charge is 0.356 e. The number of carbonyl (C=O) groups excluding carboxylic acids is 1. The zero-order valence-electron chi connectivity index (χ0n) is 20.3. The second kappa shape index (κ2) is 9.74. The maximum Gasteiger partial charge on any atom is 0.285 e. The van der Waals surface area contributed by atoms with Crippen LogP contribution < -0.4 is 5.32 Å². The van der Waals surface area contributed by atoms with E-state index in [-0.39, 0.29) is 16.7 Å². The molecule has 1 fully saturated rings. The molecular formula is C27H33N3O3S. The number of piperidine rings is 1. The Bertz CT molecular complexity index is 1240. The van der Waals surface area contributed by atoms with E-state index in [4.69, 9.17) is 0 Å². The van der Waals surface area contributed by atoms with Crippen molar-refractivity contribution >= 4 is 32.4 Å². The molecule has 0 spiro atoms. The minimum Gasteiger partial charge on any atom is -0.356 e. The average Bonchev–Trinajstić information content (AvgIpc) is 3.07. The number of nitrogens with zero attached hydrogens (tertiary/aromatic N) is 2. The molecule has 0 bridgehead atoms. The highest BCUT2D eigenvalue weighted by atomic mass is 32.2. The van der Waals surface area contributed by atoms with Gasteiger partial charge in [0.2, 0.25) is 5.91 Å². The number of aryl methyl sites for hydroxylation is 1. The van der Waals surface area contributed by atoms with Crippen molar-refractivity contribution in [3.8, 4) is 0 Å². The molecule has 1 saturated heterocycles. The molecule has 0 atom stereocenters. The number of amidine groups is 1. The maximum atomic E-state index is 12.9. The number of hydrogen-bond acceptors (Lipinski definition) is 4. The number of likely N-dealkylation sites (tertiary alicyclic amines) is 1. The van der Waals surface area contributed by atoms with E-state index in [9.17, 15) is 13.2 Å². The van der Waals surface area contributed by atoms with Crippen LogP contribution in [0.25, 0.3) is 4.91 Å². The van der Waals surface area contributed by atoms with Crippen LogP contribution in [-0.4, -0.2) is 38.2 Å². The molecule has 0 aliphatic carbocycles. The summed E-state index contributed by atoms with van der Waals surface area (Å²) in [7, 11) is -3.75. The summed E-state index contributed by atoms with van der Waals surface area (Å²) in [6.07, 6.45) is 2.23. The van der Waals surface area contributed by atoms with Gasteiger partial charge in [-0.15, -0.1) is 4.40 Å². The SMILES string of the molecule is CCc1cccc(NC(=O)C2CCN(C3=NS(=O)(=O)C(c4ccc(C(C)C)cc4)=C3C)CC2)c1. The van der Waals surface area contributed by atoms with Crippen molar-refractivity contribution in [1.82, 2.24) is 4.90 Å². The normalized spacial score (nSPS) is 18.4. The van der Waals surface area contributed by atoms with Crippen LogP contribution >= 0.6 is 0 Å². The summed E-state index contributed by atoms with van der Waals surface area (Å²) in [4.78, 5) is 15.1. The van der Waals surface area contributed by atoms with Crippen molar-refractivity contribution in [2.24, 2.45) is 10.3 Å². The minimum absolute atomic E-state index is 0.0204. The summed E-state index contributed by atoms with van der Waals surface area (Å²) in [5.41, 5.74) is 4.52. The molecule has 2 aromatic rings. The Morgan fingerprint density at radius 2 is 1.79 bits per heavy atom. The lowest BCUT2D eigenvalue weighted by Gasteiger charge is -2.32. The van der Waals surface area contributed by atoms with Crippen molar-refractivity contribution in [2.75, 3.05) is 18.4 Å². The van der Waals surface area contributed by atoms with Crippen molar-refractivity contribution in [3.05, 3.63) is 70.8 Å². The van der Waals surface area contributed by atoms with Crippen molar-refractivity contribution < 1.29 is 13.2 Å². The summed E-state index contributed by atoms with van der Waals surface area (Å²) in [5, 5.41) is 3.04. The molecule has 2 heterocycles. The lowest BCUT2D eigenvalue weighted by Crippen LogP contribution is -2.41. The van der Waals surface area contributed by atoms with Crippen molar-refractivity contribution in [3.63, 3.8) is 0 Å². The van der Waals surface area contributed by atoms with Gasteiger partial charge in [0.25, 0.3) is 10.0 Å². The van der Waals surface area contributed by atoms with Gasteiger partial charge in [-0.2, -0.15) is 8.42 Å². The van der Waals surface area contributed by atoms with Crippen LogP contribution in [0.2, 0.25) is 0 Å². The van der Waals surface area contributed by atoms with Gasteiger partial charge in [0.05, 0.1) is 0 Å². The smallest absolute Gasteiger partial charge is 0.285 e. The predicted molar refractivity (Wildman–Crippen MR) is 138 cm³/mol. The predicted octanol–water partition coefficient (Wildman–Crippen LogP) is 5.20. The third-order valence-electron chi connectivity index (χ3n) is 6.75. The number of benzene rings is 2. The molecule has 2 aliphatic rings. The molecule has 0 radical (unpaired) electrons. The zero-order valence-corrected chi connectivity index (χ0v) is 21.2. The van der Waals surface area contributed by atoms with Gasteiger partial charge in [0.15, 0.2) is 0 Å². The molecule has 4 rings (SSSR count). The Kier molecular flexibility index (Phi) is 6.94. The van der Waals surface area contributed by atoms with E-state index in [1.807, 2.05) is 60.4 Å². The van der Waals surface area contributed by atoms with Crippen molar-refractivity contribution in [1.29, 1.82) is 0 Å².